The van der Waals surface area contributed by atoms with Crippen molar-refractivity contribution >= 4 is 29.4 Å². The van der Waals surface area contributed by atoms with Gasteiger partial charge in [-0.2, -0.15) is 0 Å². The normalized spacial score (nSPS) is 11.0. The highest BCUT2D eigenvalue weighted by Crippen LogP contribution is 2.19. The molecule has 4 N–H and O–H groups in total. The molecule has 0 radical (unpaired) electrons. The average molecular weight is 631 g/mol. The Morgan fingerprint density at radius 3 is 1.65 bits per heavy atom. The molecule has 0 saturated heterocycles. The molecule has 0 bridgehead atoms. The molecule has 8 nitrogen and oxygen atoms in total. The molecule has 0 saturated carbocycles. The zero-order chi connectivity index (χ0) is 32.8. The molecule has 0 amide bonds. The molecule has 0 unspecified atom stereocenters. The van der Waals surface area contributed by atoms with Gasteiger partial charge in [0.15, 0.2) is 0 Å². The van der Waals surface area contributed by atoms with Crippen LogP contribution in [0.4, 0.5) is 11.4 Å². The molecular formula is C38H50N2O6. The van der Waals surface area contributed by atoms with Gasteiger partial charge in [-0.15, -0.1) is 0 Å². The van der Waals surface area contributed by atoms with Crippen LogP contribution in [0.25, 0.3) is 6.08 Å². The van der Waals surface area contributed by atoms with Gasteiger partial charge in [-0.05, 0) is 85.5 Å². The van der Waals surface area contributed by atoms with Gasteiger partial charge in [0.2, 0.25) is 0 Å². The van der Waals surface area contributed by atoms with Crippen molar-refractivity contribution in [2.75, 3.05) is 31.3 Å². The Balaban J connectivity index is 1.16. The van der Waals surface area contributed by atoms with Crippen molar-refractivity contribution in [3.63, 3.8) is 0 Å². The first kappa shape index (κ1) is 36.0. The van der Waals surface area contributed by atoms with Crippen LogP contribution in [-0.4, -0.2) is 31.8 Å². The molecule has 0 aliphatic rings. The Hall–Kier alpha value is -4.46. The monoisotopic (exact) mass is 630 g/mol. The number of hydrogen-bond donors (Lipinski definition) is 2. The molecule has 248 valence electrons. The van der Waals surface area contributed by atoms with E-state index < -0.39 is 5.97 Å². The van der Waals surface area contributed by atoms with E-state index in [1.165, 1.54) is 31.8 Å². The zero-order valence-electron chi connectivity index (χ0n) is 27.2. The largest absolute Gasteiger partial charge is 0.494 e. The summed E-state index contributed by atoms with van der Waals surface area (Å²) in [5.41, 5.74) is 13.7. The number of benzene rings is 3. The second-order valence-corrected chi connectivity index (χ2v) is 11.4. The first-order valence-corrected chi connectivity index (χ1v) is 16.6. The van der Waals surface area contributed by atoms with E-state index in [1.54, 1.807) is 36.4 Å². The molecule has 0 heterocycles. The standard InChI is InChI=1S/C38H50N2O6/c1-2-3-11-24-43-35-19-21-36(22-20-35)46-37(41)23-16-30-14-17-34(18-15-30)44-25-12-9-7-5-4-6-8-10-13-26-45-38(42)31-27-32(39)29-33(40)28-31/h14-23,27-29H,2-13,24-26,39-40H2,1H3. The lowest BCUT2D eigenvalue weighted by Gasteiger charge is -2.07. The number of esters is 2. The fourth-order valence-electron chi connectivity index (χ4n) is 4.81. The number of nitrogens with two attached hydrogens (primary N) is 2. The first-order valence-electron chi connectivity index (χ1n) is 16.6. The predicted octanol–water partition coefficient (Wildman–Crippen LogP) is 8.79. The molecule has 0 aliphatic carbocycles. The van der Waals surface area contributed by atoms with Crippen LogP contribution in [0, 0.1) is 0 Å². The quantitative estimate of drug-likeness (QED) is 0.0371. The molecule has 3 aromatic carbocycles. The molecule has 3 aromatic rings. The number of unbranched alkanes of at least 4 members (excludes halogenated alkanes) is 10. The minimum absolute atomic E-state index is 0.381. The van der Waals surface area contributed by atoms with Gasteiger partial charge < -0.3 is 30.4 Å². The third kappa shape index (κ3) is 15.0. The van der Waals surface area contributed by atoms with Crippen molar-refractivity contribution < 1.29 is 28.5 Å². The highest BCUT2D eigenvalue weighted by atomic mass is 16.5. The van der Waals surface area contributed by atoms with Gasteiger partial charge >= 0.3 is 11.9 Å². The molecule has 0 aliphatic heterocycles. The number of hydrogen-bond acceptors (Lipinski definition) is 8. The van der Waals surface area contributed by atoms with E-state index in [2.05, 4.69) is 6.92 Å². The maximum absolute atomic E-state index is 12.2. The molecule has 0 aromatic heterocycles. The van der Waals surface area contributed by atoms with Gasteiger partial charge in [-0.1, -0.05) is 76.8 Å². The number of carbonyl (C=O) groups excluding carboxylic acids is 2. The Kier molecular flexibility index (Phi) is 16.7. The maximum Gasteiger partial charge on any atom is 0.338 e. The highest BCUT2D eigenvalue weighted by Gasteiger charge is 2.08. The summed E-state index contributed by atoms with van der Waals surface area (Å²) in [7, 11) is 0. The SMILES string of the molecule is CCCCCOc1ccc(OC(=O)C=Cc2ccc(OCCCCCCCCCCCOC(=O)c3cc(N)cc(N)c3)cc2)cc1. The van der Waals surface area contributed by atoms with Gasteiger partial charge in [0.05, 0.1) is 25.4 Å². The first-order chi connectivity index (χ1) is 22.4. The minimum Gasteiger partial charge on any atom is -0.494 e. The van der Waals surface area contributed by atoms with Crippen molar-refractivity contribution in [1.29, 1.82) is 0 Å². The average Bonchev–Trinajstić information content (AvgIpc) is 3.05. The fraction of sp³-hybridized carbons (Fsp3) is 0.421. The van der Waals surface area contributed by atoms with Gasteiger partial charge in [-0.25, -0.2) is 9.59 Å². The van der Waals surface area contributed by atoms with Gasteiger partial charge in [0.1, 0.15) is 17.2 Å². The van der Waals surface area contributed by atoms with Gasteiger partial charge in [0.25, 0.3) is 0 Å². The number of ether oxygens (including phenoxy) is 4. The Morgan fingerprint density at radius 1 is 0.609 bits per heavy atom. The van der Waals surface area contributed by atoms with Gasteiger partial charge in [0, 0.05) is 17.5 Å². The van der Waals surface area contributed by atoms with Crippen LogP contribution >= 0.6 is 0 Å². The van der Waals surface area contributed by atoms with Crippen LogP contribution in [0.15, 0.2) is 72.8 Å². The van der Waals surface area contributed by atoms with Crippen LogP contribution in [0.5, 0.6) is 17.2 Å². The Labute approximate surface area is 274 Å². The molecule has 0 atom stereocenters. The molecule has 46 heavy (non-hydrogen) atoms. The predicted molar refractivity (Wildman–Crippen MR) is 185 cm³/mol. The molecule has 3 rings (SSSR count). The van der Waals surface area contributed by atoms with Crippen LogP contribution in [0.1, 0.15) is 99.9 Å². The summed E-state index contributed by atoms with van der Waals surface area (Å²) in [6, 6.07) is 19.5. The smallest absolute Gasteiger partial charge is 0.338 e. The summed E-state index contributed by atoms with van der Waals surface area (Å²) >= 11 is 0. The van der Waals surface area contributed by atoms with E-state index in [4.69, 9.17) is 30.4 Å². The summed E-state index contributed by atoms with van der Waals surface area (Å²) in [6.07, 6.45) is 16.5. The minimum atomic E-state index is -0.433. The lowest BCUT2D eigenvalue weighted by atomic mass is 10.1. The Bertz CT molecular complexity index is 1320. The van der Waals surface area contributed by atoms with Crippen molar-refractivity contribution in [2.24, 2.45) is 0 Å². The molecule has 0 fully saturated rings. The number of anilines is 2. The lowest BCUT2D eigenvalue weighted by Crippen LogP contribution is -2.07. The molecule has 8 heteroatoms. The number of nitrogen functional groups attached to an aromatic ring is 2. The van der Waals surface area contributed by atoms with Crippen molar-refractivity contribution in [2.45, 2.75) is 84.0 Å². The van der Waals surface area contributed by atoms with Crippen molar-refractivity contribution in [3.8, 4) is 17.2 Å². The maximum atomic E-state index is 12.2. The third-order valence-electron chi connectivity index (χ3n) is 7.35. The van der Waals surface area contributed by atoms with E-state index >= 15 is 0 Å². The molecule has 0 spiro atoms. The van der Waals surface area contributed by atoms with E-state index in [9.17, 15) is 9.59 Å². The van der Waals surface area contributed by atoms with E-state index in [1.807, 2.05) is 36.4 Å². The summed E-state index contributed by atoms with van der Waals surface area (Å²) in [6.45, 7) is 3.95. The number of carbonyl (C=O) groups is 2. The second kappa shape index (κ2) is 21.3. The zero-order valence-corrected chi connectivity index (χ0v) is 27.2. The Morgan fingerprint density at radius 2 is 1.09 bits per heavy atom. The van der Waals surface area contributed by atoms with Crippen LogP contribution in [-0.2, 0) is 9.53 Å². The van der Waals surface area contributed by atoms with Crippen LogP contribution in [0.3, 0.4) is 0 Å². The highest BCUT2D eigenvalue weighted by molar-refractivity contribution is 5.91. The summed E-state index contributed by atoms with van der Waals surface area (Å²) in [4.78, 5) is 24.3. The van der Waals surface area contributed by atoms with E-state index in [0.717, 1.165) is 68.4 Å². The van der Waals surface area contributed by atoms with E-state index in [0.29, 0.717) is 42.5 Å². The third-order valence-corrected chi connectivity index (χ3v) is 7.35. The van der Waals surface area contributed by atoms with Crippen LogP contribution in [0.2, 0.25) is 0 Å². The summed E-state index contributed by atoms with van der Waals surface area (Å²) in [5, 5.41) is 0. The topological polar surface area (TPSA) is 123 Å². The van der Waals surface area contributed by atoms with E-state index in [-0.39, 0.29) is 5.97 Å². The summed E-state index contributed by atoms with van der Waals surface area (Å²) < 4.78 is 22.3. The fourth-order valence-corrected chi connectivity index (χ4v) is 4.81. The van der Waals surface area contributed by atoms with Crippen molar-refractivity contribution in [1.82, 2.24) is 0 Å². The van der Waals surface area contributed by atoms with Gasteiger partial charge in [-0.3, -0.25) is 0 Å². The second-order valence-electron chi connectivity index (χ2n) is 11.4. The number of rotatable bonds is 22. The molecular weight excluding hydrogens is 580 g/mol. The van der Waals surface area contributed by atoms with Crippen LogP contribution < -0.4 is 25.7 Å². The van der Waals surface area contributed by atoms with Crippen molar-refractivity contribution in [3.05, 3.63) is 83.9 Å². The lowest BCUT2D eigenvalue weighted by molar-refractivity contribution is -0.128. The summed E-state index contributed by atoms with van der Waals surface area (Å²) in [5.74, 6) is 1.26.